The lowest BCUT2D eigenvalue weighted by Gasteiger charge is -2.26. The van der Waals surface area contributed by atoms with Gasteiger partial charge in [-0.3, -0.25) is 4.79 Å². The first kappa shape index (κ1) is 21.1. The summed E-state index contributed by atoms with van der Waals surface area (Å²) < 4.78 is 19.2. The molecular formula is C18H21Cl2FN2O2. The first-order valence-corrected chi connectivity index (χ1v) is 7.80. The summed E-state index contributed by atoms with van der Waals surface area (Å²) in [5, 5.41) is 3.07. The van der Waals surface area contributed by atoms with Gasteiger partial charge in [0.1, 0.15) is 11.6 Å². The molecule has 0 saturated carbocycles. The largest absolute Gasteiger partial charge is 0.496 e. The van der Waals surface area contributed by atoms with E-state index in [9.17, 15) is 9.18 Å². The Labute approximate surface area is 157 Å². The van der Waals surface area contributed by atoms with Crippen molar-refractivity contribution in [2.45, 2.75) is 19.3 Å². The van der Waals surface area contributed by atoms with Crippen molar-refractivity contribution in [3.05, 3.63) is 58.4 Å². The summed E-state index contributed by atoms with van der Waals surface area (Å²) in [5.41, 5.74) is 6.28. The van der Waals surface area contributed by atoms with Crippen LogP contribution in [0.15, 0.2) is 36.4 Å². The van der Waals surface area contributed by atoms with E-state index in [1.807, 2.05) is 13.8 Å². The van der Waals surface area contributed by atoms with Gasteiger partial charge < -0.3 is 15.8 Å². The topological polar surface area (TPSA) is 64.3 Å². The summed E-state index contributed by atoms with van der Waals surface area (Å²) in [4.78, 5) is 12.5. The van der Waals surface area contributed by atoms with Crippen molar-refractivity contribution in [3.8, 4) is 5.75 Å². The van der Waals surface area contributed by atoms with E-state index in [1.165, 1.54) is 25.3 Å². The molecule has 0 aliphatic carbocycles. The molecule has 0 aliphatic rings. The molecule has 0 radical (unpaired) electrons. The van der Waals surface area contributed by atoms with Gasteiger partial charge in [0, 0.05) is 18.0 Å². The highest BCUT2D eigenvalue weighted by molar-refractivity contribution is 6.33. The Morgan fingerprint density at radius 3 is 2.56 bits per heavy atom. The van der Waals surface area contributed by atoms with Gasteiger partial charge in [-0.1, -0.05) is 43.6 Å². The molecule has 136 valence electrons. The van der Waals surface area contributed by atoms with E-state index < -0.39 is 5.41 Å². The second-order valence-electron chi connectivity index (χ2n) is 6.12. The second-order valence-corrected chi connectivity index (χ2v) is 6.53. The zero-order valence-corrected chi connectivity index (χ0v) is 15.8. The Bertz CT molecular complexity index is 767. The third kappa shape index (κ3) is 4.77. The molecule has 7 heteroatoms. The predicted octanol–water partition coefficient (Wildman–Crippen LogP) is 4.20. The number of carbonyl (C=O) groups is 1. The predicted molar refractivity (Wildman–Crippen MR) is 101 cm³/mol. The van der Waals surface area contributed by atoms with Crippen LogP contribution >= 0.6 is 24.0 Å². The highest BCUT2D eigenvalue weighted by Crippen LogP contribution is 2.29. The van der Waals surface area contributed by atoms with Crippen LogP contribution in [0.25, 0.3) is 0 Å². The van der Waals surface area contributed by atoms with Crippen LogP contribution in [-0.2, 0) is 5.41 Å². The number of methoxy groups -OCH3 is 1. The van der Waals surface area contributed by atoms with E-state index >= 15 is 0 Å². The molecule has 0 heterocycles. The molecule has 0 bridgehead atoms. The molecule has 25 heavy (non-hydrogen) atoms. The molecule has 2 rings (SSSR count). The van der Waals surface area contributed by atoms with E-state index in [0.29, 0.717) is 17.0 Å². The third-order valence-electron chi connectivity index (χ3n) is 3.86. The van der Waals surface area contributed by atoms with Crippen molar-refractivity contribution in [1.29, 1.82) is 0 Å². The number of ether oxygens (including phenoxy) is 1. The molecule has 4 nitrogen and oxygen atoms in total. The first-order chi connectivity index (χ1) is 11.3. The maximum absolute atomic E-state index is 14.0. The summed E-state index contributed by atoms with van der Waals surface area (Å²) in [6.45, 7) is 3.97. The Balaban J connectivity index is 0.00000312. The Hall–Kier alpha value is -1.98. The standard InChI is InChI=1S/C18H20ClFN2O2.ClH/c1-18(2,12-6-4-5-7-14(12)20)10-22-17(23)11-8-13(19)15(21)9-16(11)24-3;/h4-9H,10,21H2,1-3H3,(H,22,23);1H. The maximum Gasteiger partial charge on any atom is 0.255 e. The van der Waals surface area contributed by atoms with E-state index in [0.717, 1.165) is 0 Å². The Kier molecular flexibility index (Phi) is 7.08. The number of halogens is 3. The minimum atomic E-state index is -0.578. The highest BCUT2D eigenvalue weighted by atomic mass is 35.5. The molecular weight excluding hydrogens is 366 g/mol. The molecule has 0 unspecified atom stereocenters. The second kappa shape index (κ2) is 8.41. The van der Waals surface area contributed by atoms with Crippen LogP contribution in [-0.4, -0.2) is 19.6 Å². The third-order valence-corrected chi connectivity index (χ3v) is 4.18. The van der Waals surface area contributed by atoms with E-state index in [2.05, 4.69) is 5.32 Å². The molecule has 2 aromatic carbocycles. The van der Waals surface area contributed by atoms with Gasteiger partial charge in [-0.2, -0.15) is 0 Å². The molecule has 0 aliphatic heterocycles. The number of benzene rings is 2. The van der Waals surface area contributed by atoms with Gasteiger partial charge in [-0.15, -0.1) is 12.4 Å². The molecule has 3 N–H and O–H groups in total. The van der Waals surface area contributed by atoms with Crippen LogP contribution < -0.4 is 15.8 Å². The number of rotatable bonds is 5. The number of hydrogen-bond donors (Lipinski definition) is 2. The van der Waals surface area contributed by atoms with E-state index in [4.69, 9.17) is 22.1 Å². The zero-order chi connectivity index (χ0) is 17.9. The van der Waals surface area contributed by atoms with Gasteiger partial charge in [0.2, 0.25) is 0 Å². The normalized spacial score (nSPS) is 10.8. The lowest BCUT2D eigenvalue weighted by molar-refractivity contribution is 0.0942. The molecule has 1 amide bonds. The van der Waals surface area contributed by atoms with Crippen LogP contribution in [0, 0.1) is 5.82 Å². The SMILES string of the molecule is COc1cc(N)c(Cl)cc1C(=O)NCC(C)(C)c1ccccc1F.Cl. The number of hydrogen-bond acceptors (Lipinski definition) is 3. The summed E-state index contributed by atoms with van der Waals surface area (Å²) >= 11 is 5.98. The Morgan fingerprint density at radius 1 is 1.32 bits per heavy atom. The van der Waals surface area contributed by atoms with Crippen LogP contribution in [0.2, 0.25) is 5.02 Å². The molecule has 0 aromatic heterocycles. The van der Waals surface area contributed by atoms with Crippen molar-refractivity contribution in [2.75, 3.05) is 19.4 Å². The number of nitrogens with two attached hydrogens (primary N) is 1. The average Bonchev–Trinajstić information content (AvgIpc) is 2.55. The molecule has 0 spiro atoms. The van der Waals surface area contributed by atoms with E-state index in [-0.39, 0.29) is 41.3 Å². The van der Waals surface area contributed by atoms with Crippen molar-refractivity contribution in [3.63, 3.8) is 0 Å². The van der Waals surface area contributed by atoms with Gasteiger partial charge in [0.15, 0.2) is 0 Å². The van der Waals surface area contributed by atoms with Crippen LogP contribution in [0.3, 0.4) is 0 Å². The number of nitrogens with one attached hydrogen (secondary N) is 1. The van der Waals surface area contributed by atoms with Gasteiger partial charge in [0.25, 0.3) is 5.91 Å². The van der Waals surface area contributed by atoms with Crippen molar-refractivity contribution < 1.29 is 13.9 Å². The van der Waals surface area contributed by atoms with E-state index in [1.54, 1.807) is 18.2 Å². The number of amides is 1. The smallest absolute Gasteiger partial charge is 0.255 e. The van der Waals surface area contributed by atoms with Crippen LogP contribution in [0.5, 0.6) is 5.75 Å². The van der Waals surface area contributed by atoms with Crippen molar-refractivity contribution >= 4 is 35.6 Å². The summed E-state index contributed by atoms with van der Waals surface area (Å²) in [7, 11) is 1.45. The zero-order valence-electron chi connectivity index (χ0n) is 14.2. The highest BCUT2D eigenvalue weighted by Gasteiger charge is 2.25. The number of anilines is 1. The van der Waals surface area contributed by atoms with Gasteiger partial charge >= 0.3 is 0 Å². The van der Waals surface area contributed by atoms with Gasteiger partial charge in [0.05, 0.1) is 23.4 Å². The Morgan fingerprint density at radius 2 is 1.96 bits per heavy atom. The number of carbonyl (C=O) groups excluding carboxylic acids is 1. The quantitative estimate of drug-likeness (QED) is 0.756. The van der Waals surface area contributed by atoms with Gasteiger partial charge in [-0.25, -0.2) is 4.39 Å². The van der Waals surface area contributed by atoms with Crippen molar-refractivity contribution in [2.24, 2.45) is 0 Å². The average molecular weight is 387 g/mol. The fourth-order valence-electron chi connectivity index (χ4n) is 2.42. The molecule has 0 atom stereocenters. The summed E-state index contributed by atoms with van der Waals surface area (Å²) in [6, 6.07) is 9.48. The number of nitrogen functional groups attached to an aromatic ring is 1. The lowest BCUT2D eigenvalue weighted by Crippen LogP contribution is -2.37. The van der Waals surface area contributed by atoms with Crippen molar-refractivity contribution in [1.82, 2.24) is 5.32 Å². The summed E-state index contributed by atoms with van der Waals surface area (Å²) in [5.74, 6) is -0.332. The monoisotopic (exact) mass is 386 g/mol. The lowest BCUT2D eigenvalue weighted by atomic mass is 9.84. The minimum Gasteiger partial charge on any atom is -0.496 e. The van der Waals surface area contributed by atoms with Crippen LogP contribution in [0.4, 0.5) is 10.1 Å². The molecule has 0 fully saturated rings. The fourth-order valence-corrected chi connectivity index (χ4v) is 2.58. The maximum atomic E-state index is 14.0. The molecule has 2 aromatic rings. The summed E-state index contributed by atoms with van der Waals surface area (Å²) in [6.07, 6.45) is 0. The minimum absolute atomic E-state index is 0. The van der Waals surface area contributed by atoms with Gasteiger partial charge in [-0.05, 0) is 17.7 Å². The fraction of sp³-hybridized carbons (Fsp3) is 0.278. The van der Waals surface area contributed by atoms with Crippen LogP contribution in [0.1, 0.15) is 29.8 Å². The first-order valence-electron chi connectivity index (χ1n) is 7.42. The molecule has 0 saturated heterocycles.